The minimum Gasteiger partial charge on any atom is -0.490 e. The largest absolute Gasteiger partial charge is 0.490 e. The van der Waals surface area contributed by atoms with Gasteiger partial charge in [-0.15, -0.1) is 0 Å². The highest BCUT2D eigenvalue weighted by atomic mass is 35.5. The molecule has 1 aliphatic heterocycles. The van der Waals surface area contributed by atoms with E-state index in [0.717, 1.165) is 6.07 Å². The normalized spacial score (nSPS) is 15.6. The maximum Gasteiger partial charge on any atom is 0.224 e. The number of carbonyl (C=O) groups excluding carboxylic acids is 1. The molecular formula is C20H15ClF2N2O3. The molecular weight excluding hydrogens is 390 g/mol. The molecule has 144 valence electrons. The molecule has 0 fully saturated rings. The first-order valence-corrected chi connectivity index (χ1v) is 8.96. The Morgan fingerprint density at radius 2 is 2.14 bits per heavy atom. The first kappa shape index (κ1) is 18.4. The molecule has 1 unspecified atom stereocenters. The molecule has 28 heavy (non-hydrogen) atoms. The Bertz CT molecular complexity index is 1020. The van der Waals surface area contributed by atoms with Gasteiger partial charge in [0.15, 0.2) is 23.7 Å². The third-order valence-electron chi connectivity index (χ3n) is 4.48. The van der Waals surface area contributed by atoms with E-state index in [1.54, 1.807) is 24.4 Å². The molecule has 4 rings (SSSR count). The molecule has 1 aliphatic rings. The van der Waals surface area contributed by atoms with Crippen molar-refractivity contribution in [3.8, 4) is 17.1 Å². The van der Waals surface area contributed by atoms with Crippen molar-refractivity contribution >= 4 is 23.2 Å². The summed E-state index contributed by atoms with van der Waals surface area (Å²) in [4.78, 5) is 16.2. The number of fused-ring (bicyclic) bond motifs is 1. The standard InChI is InChI=1S/C20H15ClF2N2O3/c21-16-7-14(1-2-15(16)18-8-24-10-28-18)25-19(26)4-11-3-12-5-13(22)6-17(23)20(12)27-9-11/h1-2,5-8,10-11H,3-4,9H2,(H,25,26). The quantitative estimate of drug-likeness (QED) is 0.675. The zero-order valence-corrected chi connectivity index (χ0v) is 15.3. The number of halogens is 3. The second kappa shape index (κ2) is 7.59. The summed E-state index contributed by atoms with van der Waals surface area (Å²) >= 11 is 6.25. The Kier molecular flexibility index (Phi) is 5.00. The van der Waals surface area contributed by atoms with Crippen LogP contribution < -0.4 is 10.1 Å². The molecule has 0 saturated carbocycles. The third-order valence-corrected chi connectivity index (χ3v) is 4.79. The van der Waals surface area contributed by atoms with Crippen molar-refractivity contribution in [1.29, 1.82) is 0 Å². The van der Waals surface area contributed by atoms with Gasteiger partial charge >= 0.3 is 0 Å². The van der Waals surface area contributed by atoms with Crippen molar-refractivity contribution in [3.63, 3.8) is 0 Å². The number of anilines is 1. The SMILES string of the molecule is O=C(CC1COc2c(F)cc(F)cc2C1)Nc1ccc(-c2cnco2)c(Cl)c1. The number of hydrogen-bond acceptors (Lipinski definition) is 4. The number of nitrogens with zero attached hydrogens (tertiary/aromatic N) is 1. The van der Waals surface area contributed by atoms with Gasteiger partial charge in [0.25, 0.3) is 0 Å². The van der Waals surface area contributed by atoms with Crippen LogP contribution in [0.1, 0.15) is 12.0 Å². The first-order valence-electron chi connectivity index (χ1n) is 8.58. The fraction of sp³-hybridized carbons (Fsp3) is 0.200. The summed E-state index contributed by atoms with van der Waals surface area (Å²) < 4.78 is 37.7. The zero-order valence-electron chi connectivity index (χ0n) is 14.5. The molecule has 0 spiro atoms. The van der Waals surface area contributed by atoms with Gasteiger partial charge in [0, 0.05) is 35.2 Å². The molecule has 1 aromatic heterocycles. The molecule has 1 amide bonds. The van der Waals surface area contributed by atoms with E-state index >= 15 is 0 Å². The smallest absolute Gasteiger partial charge is 0.224 e. The number of hydrogen-bond donors (Lipinski definition) is 1. The molecule has 0 radical (unpaired) electrons. The second-order valence-electron chi connectivity index (χ2n) is 6.57. The van der Waals surface area contributed by atoms with E-state index < -0.39 is 11.6 Å². The van der Waals surface area contributed by atoms with E-state index in [2.05, 4.69) is 10.3 Å². The summed E-state index contributed by atoms with van der Waals surface area (Å²) in [5.74, 6) is -1.21. The lowest BCUT2D eigenvalue weighted by Crippen LogP contribution is -2.26. The average molecular weight is 405 g/mol. The number of oxazole rings is 1. The minimum atomic E-state index is -0.723. The maximum absolute atomic E-state index is 13.7. The van der Waals surface area contributed by atoms with Crippen LogP contribution in [0, 0.1) is 17.6 Å². The molecule has 0 saturated heterocycles. The summed E-state index contributed by atoms with van der Waals surface area (Å²) in [6.45, 7) is 0.189. The summed E-state index contributed by atoms with van der Waals surface area (Å²) in [5, 5.41) is 3.19. The summed E-state index contributed by atoms with van der Waals surface area (Å²) in [7, 11) is 0. The van der Waals surface area contributed by atoms with Crippen LogP contribution in [0.4, 0.5) is 14.5 Å². The van der Waals surface area contributed by atoms with Gasteiger partial charge in [-0.3, -0.25) is 4.79 Å². The van der Waals surface area contributed by atoms with E-state index in [1.807, 2.05) is 0 Å². The van der Waals surface area contributed by atoms with Gasteiger partial charge in [-0.2, -0.15) is 0 Å². The van der Waals surface area contributed by atoms with Gasteiger partial charge in [0.05, 0.1) is 17.8 Å². The van der Waals surface area contributed by atoms with Crippen LogP contribution in [0.3, 0.4) is 0 Å². The van der Waals surface area contributed by atoms with E-state index in [9.17, 15) is 13.6 Å². The van der Waals surface area contributed by atoms with Crippen molar-refractivity contribution in [2.75, 3.05) is 11.9 Å². The van der Waals surface area contributed by atoms with Gasteiger partial charge in [0.2, 0.25) is 5.91 Å². The van der Waals surface area contributed by atoms with Crippen LogP contribution >= 0.6 is 11.6 Å². The highest BCUT2D eigenvalue weighted by molar-refractivity contribution is 6.33. The van der Waals surface area contributed by atoms with Crippen molar-refractivity contribution in [3.05, 3.63) is 65.1 Å². The van der Waals surface area contributed by atoms with Crippen molar-refractivity contribution in [1.82, 2.24) is 4.98 Å². The number of carbonyl (C=O) groups is 1. The first-order chi connectivity index (χ1) is 13.5. The lowest BCUT2D eigenvalue weighted by atomic mass is 9.93. The zero-order chi connectivity index (χ0) is 19.7. The number of nitrogens with one attached hydrogen (secondary N) is 1. The highest BCUT2D eigenvalue weighted by Crippen LogP contribution is 2.33. The second-order valence-corrected chi connectivity index (χ2v) is 6.98. The number of benzene rings is 2. The van der Waals surface area contributed by atoms with E-state index in [1.165, 1.54) is 12.5 Å². The molecule has 5 nitrogen and oxygen atoms in total. The Balaban J connectivity index is 1.40. The summed E-state index contributed by atoms with van der Waals surface area (Å²) in [6.07, 6.45) is 3.37. The number of rotatable bonds is 4. The van der Waals surface area contributed by atoms with Crippen LogP contribution in [0.25, 0.3) is 11.3 Å². The number of ether oxygens (including phenoxy) is 1. The van der Waals surface area contributed by atoms with E-state index in [0.29, 0.717) is 34.0 Å². The van der Waals surface area contributed by atoms with Crippen molar-refractivity contribution in [2.45, 2.75) is 12.8 Å². The molecule has 0 bridgehead atoms. The van der Waals surface area contributed by atoms with Gasteiger partial charge < -0.3 is 14.5 Å². The molecule has 2 aromatic carbocycles. The molecule has 3 aromatic rings. The van der Waals surface area contributed by atoms with Gasteiger partial charge in [-0.1, -0.05) is 11.6 Å². The third kappa shape index (κ3) is 3.84. The van der Waals surface area contributed by atoms with Crippen LogP contribution in [-0.2, 0) is 11.2 Å². The molecule has 1 atom stereocenters. The Labute approximate surface area is 164 Å². The fourth-order valence-electron chi connectivity index (χ4n) is 3.24. The fourth-order valence-corrected chi connectivity index (χ4v) is 3.52. The Hall–Kier alpha value is -2.93. The monoisotopic (exact) mass is 404 g/mol. The molecule has 0 aliphatic carbocycles. The van der Waals surface area contributed by atoms with Gasteiger partial charge in [0.1, 0.15) is 5.82 Å². The molecule has 1 N–H and O–H groups in total. The predicted octanol–water partition coefficient (Wildman–Crippen LogP) is 4.85. The minimum absolute atomic E-state index is 0.0628. The van der Waals surface area contributed by atoms with Gasteiger partial charge in [-0.05, 0) is 30.7 Å². The average Bonchev–Trinajstić information content (AvgIpc) is 3.15. The van der Waals surface area contributed by atoms with Crippen LogP contribution in [0.15, 0.2) is 47.3 Å². The topological polar surface area (TPSA) is 64.4 Å². The molecule has 8 heteroatoms. The van der Waals surface area contributed by atoms with Crippen LogP contribution in [-0.4, -0.2) is 17.5 Å². The summed E-state index contributed by atoms with van der Waals surface area (Å²) in [6, 6.07) is 7.08. The van der Waals surface area contributed by atoms with Crippen molar-refractivity contribution < 1.29 is 22.7 Å². The van der Waals surface area contributed by atoms with Crippen molar-refractivity contribution in [2.24, 2.45) is 5.92 Å². The lowest BCUT2D eigenvalue weighted by Gasteiger charge is -2.25. The Morgan fingerprint density at radius 1 is 1.29 bits per heavy atom. The predicted molar refractivity (Wildman–Crippen MR) is 99.2 cm³/mol. The number of amides is 1. The van der Waals surface area contributed by atoms with Gasteiger partial charge in [-0.25, -0.2) is 13.8 Å². The summed E-state index contributed by atoms with van der Waals surface area (Å²) in [5.41, 5.74) is 1.63. The lowest BCUT2D eigenvalue weighted by molar-refractivity contribution is -0.117. The van der Waals surface area contributed by atoms with Crippen LogP contribution in [0.2, 0.25) is 5.02 Å². The molecule has 2 heterocycles. The highest BCUT2D eigenvalue weighted by Gasteiger charge is 2.25. The van der Waals surface area contributed by atoms with Crippen LogP contribution in [0.5, 0.6) is 5.75 Å². The Morgan fingerprint density at radius 3 is 2.89 bits per heavy atom. The van der Waals surface area contributed by atoms with E-state index in [-0.39, 0.29) is 30.6 Å². The number of aromatic nitrogens is 1. The van der Waals surface area contributed by atoms with E-state index in [4.69, 9.17) is 20.8 Å². The maximum atomic E-state index is 13.7.